The molecule has 0 radical (unpaired) electrons. The summed E-state index contributed by atoms with van der Waals surface area (Å²) in [4.78, 5) is 8.03. The molecule has 62 valence electrons. The Hall–Kier alpha value is -0.810. The summed E-state index contributed by atoms with van der Waals surface area (Å²) >= 11 is 7.19. The Bertz CT molecular complexity index is 413. The largest absolute Gasteiger partial charge is 0.273 e. The fraction of sp³-hybridized carbons (Fsp3) is 0.167. The normalized spacial score (nSPS) is 10.8. The van der Waals surface area contributed by atoms with Crippen molar-refractivity contribution in [3.05, 3.63) is 11.5 Å². The van der Waals surface area contributed by atoms with Crippen molar-refractivity contribution >= 4 is 34.4 Å². The van der Waals surface area contributed by atoms with Gasteiger partial charge >= 0.3 is 0 Å². The number of H-pyrrole nitrogens is 1. The van der Waals surface area contributed by atoms with Crippen LogP contribution in [0.1, 0.15) is 0 Å². The maximum atomic E-state index is 5.68. The molecule has 0 aliphatic rings. The highest BCUT2D eigenvalue weighted by Gasteiger charge is 2.06. The fourth-order valence-electron chi connectivity index (χ4n) is 0.934. The summed E-state index contributed by atoms with van der Waals surface area (Å²) in [7, 11) is 0. The second-order valence-electron chi connectivity index (χ2n) is 2.13. The minimum atomic E-state index is 0.258. The molecule has 2 heterocycles. The zero-order valence-electron chi connectivity index (χ0n) is 6.21. The molecule has 0 aliphatic heterocycles. The average Bonchev–Trinajstić information content (AvgIpc) is 2.50. The Labute approximate surface area is 77.7 Å². The van der Waals surface area contributed by atoms with Gasteiger partial charge in [-0.2, -0.15) is 5.10 Å². The number of nitrogens with one attached hydrogen (secondary N) is 1. The summed E-state index contributed by atoms with van der Waals surface area (Å²) in [6.45, 7) is 0. The SMILES string of the molecule is CSc1nc(Cl)nc2cn[nH]c12. The number of nitrogens with zero attached hydrogens (tertiary/aromatic N) is 3. The highest BCUT2D eigenvalue weighted by molar-refractivity contribution is 7.98. The topological polar surface area (TPSA) is 54.5 Å². The molecule has 0 fully saturated rings. The van der Waals surface area contributed by atoms with Crippen LogP contribution >= 0.6 is 23.4 Å². The van der Waals surface area contributed by atoms with E-state index in [1.54, 1.807) is 6.20 Å². The molecule has 0 aromatic carbocycles. The van der Waals surface area contributed by atoms with Gasteiger partial charge in [-0.1, -0.05) is 0 Å². The van der Waals surface area contributed by atoms with E-state index in [2.05, 4.69) is 20.2 Å². The lowest BCUT2D eigenvalue weighted by molar-refractivity contribution is 1.06. The van der Waals surface area contributed by atoms with Crippen LogP contribution in [0.3, 0.4) is 0 Å². The van der Waals surface area contributed by atoms with Crippen molar-refractivity contribution in [2.75, 3.05) is 6.26 Å². The first-order chi connectivity index (χ1) is 5.81. The van der Waals surface area contributed by atoms with Gasteiger partial charge in [0.2, 0.25) is 5.28 Å². The number of rotatable bonds is 1. The van der Waals surface area contributed by atoms with Crippen LogP contribution in [0.4, 0.5) is 0 Å². The van der Waals surface area contributed by atoms with Crippen LogP contribution < -0.4 is 0 Å². The van der Waals surface area contributed by atoms with Crippen LogP contribution in [0.25, 0.3) is 11.0 Å². The number of aromatic amines is 1. The van der Waals surface area contributed by atoms with Crippen LogP contribution in [-0.2, 0) is 0 Å². The van der Waals surface area contributed by atoms with Crippen molar-refractivity contribution in [3.8, 4) is 0 Å². The zero-order chi connectivity index (χ0) is 8.55. The van der Waals surface area contributed by atoms with E-state index >= 15 is 0 Å². The Kier molecular flexibility index (Phi) is 1.90. The van der Waals surface area contributed by atoms with E-state index in [0.29, 0.717) is 0 Å². The lowest BCUT2D eigenvalue weighted by atomic mass is 10.5. The van der Waals surface area contributed by atoms with Crippen LogP contribution in [-0.4, -0.2) is 26.4 Å². The molecule has 12 heavy (non-hydrogen) atoms. The van der Waals surface area contributed by atoms with Gasteiger partial charge in [-0.25, -0.2) is 9.97 Å². The number of hydrogen-bond donors (Lipinski definition) is 1. The quantitative estimate of drug-likeness (QED) is 0.433. The van der Waals surface area contributed by atoms with Crippen LogP contribution in [0.15, 0.2) is 11.2 Å². The van der Waals surface area contributed by atoms with Gasteiger partial charge in [-0.15, -0.1) is 11.8 Å². The average molecular weight is 201 g/mol. The first kappa shape index (κ1) is 7.82. The molecule has 0 bridgehead atoms. The summed E-state index contributed by atoms with van der Waals surface area (Å²) in [5.74, 6) is 0. The summed E-state index contributed by atoms with van der Waals surface area (Å²) in [6, 6.07) is 0. The van der Waals surface area contributed by atoms with Crippen LogP contribution in [0.5, 0.6) is 0 Å². The molecule has 4 nitrogen and oxygen atoms in total. The van der Waals surface area contributed by atoms with Gasteiger partial charge in [0, 0.05) is 0 Å². The Morgan fingerprint density at radius 2 is 2.33 bits per heavy atom. The first-order valence-electron chi connectivity index (χ1n) is 3.22. The molecule has 0 aliphatic carbocycles. The standard InChI is InChI=1S/C6H5ClN4S/c1-12-5-4-3(2-8-11-4)9-6(7)10-5/h2H,1H3,(H,8,11). The van der Waals surface area contributed by atoms with Crippen LogP contribution in [0.2, 0.25) is 5.28 Å². The molecule has 1 N–H and O–H groups in total. The van der Waals surface area contributed by atoms with E-state index < -0.39 is 0 Å². The molecule has 0 atom stereocenters. The molecule has 0 saturated heterocycles. The van der Waals surface area contributed by atoms with Gasteiger partial charge in [-0.3, -0.25) is 5.10 Å². The molecule has 2 aromatic heterocycles. The van der Waals surface area contributed by atoms with Gasteiger partial charge in [0.05, 0.1) is 6.20 Å². The summed E-state index contributed by atoms with van der Waals surface area (Å²) in [5.41, 5.74) is 1.59. The van der Waals surface area contributed by atoms with E-state index in [9.17, 15) is 0 Å². The minimum absolute atomic E-state index is 0.258. The molecule has 2 aromatic rings. The molecule has 0 unspecified atom stereocenters. The minimum Gasteiger partial charge on any atom is -0.273 e. The van der Waals surface area contributed by atoms with Crippen molar-refractivity contribution in [1.82, 2.24) is 20.2 Å². The maximum absolute atomic E-state index is 5.68. The van der Waals surface area contributed by atoms with Crippen molar-refractivity contribution in [3.63, 3.8) is 0 Å². The Balaban J connectivity index is 2.80. The predicted molar refractivity (Wildman–Crippen MR) is 48.5 cm³/mol. The molecule has 0 saturated carbocycles. The van der Waals surface area contributed by atoms with Gasteiger partial charge in [0.1, 0.15) is 16.1 Å². The van der Waals surface area contributed by atoms with Crippen molar-refractivity contribution in [2.45, 2.75) is 5.03 Å². The number of fused-ring (bicyclic) bond motifs is 1. The van der Waals surface area contributed by atoms with E-state index in [-0.39, 0.29) is 5.28 Å². The lowest BCUT2D eigenvalue weighted by Gasteiger charge is -1.96. The second-order valence-corrected chi connectivity index (χ2v) is 3.27. The third-order valence-corrected chi connectivity index (χ3v) is 2.28. The third-order valence-electron chi connectivity index (χ3n) is 1.43. The lowest BCUT2D eigenvalue weighted by Crippen LogP contribution is -1.86. The maximum Gasteiger partial charge on any atom is 0.224 e. The second kappa shape index (κ2) is 2.91. The summed E-state index contributed by atoms with van der Waals surface area (Å²) in [5, 5.41) is 7.74. The van der Waals surface area contributed by atoms with Gasteiger partial charge in [0.15, 0.2) is 0 Å². The third kappa shape index (κ3) is 1.15. The first-order valence-corrected chi connectivity index (χ1v) is 4.82. The zero-order valence-corrected chi connectivity index (χ0v) is 7.78. The Morgan fingerprint density at radius 1 is 1.50 bits per heavy atom. The molecule has 2 rings (SSSR count). The van der Waals surface area contributed by atoms with Gasteiger partial charge < -0.3 is 0 Å². The van der Waals surface area contributed by atoms with Crippen molar-refractivity contribution in [2.24, 2.45) is 0 Å². The molecule has 0 spiro atoms. The van der Waals surface area contributed by atoms with Crippen molar-refractivity contribution in [1.29, 1.82) is 0 Å². The smallest absolute Gasteiger partial charge is 0.224 e. The monoisotopic (exact) mass is 200 g/mol. The van der Waals surface area contributed by atoms with E-state index in [1.165, 1.54) is 11.8 Å². The summed E-state index contributed by atoms with van der Waals surface area (Å²) < 4.78 is 0. The number of halogens is 1. The van der Waals surface area contributed by atoms with Gasteiger partial charge in [0.25, 0.3) is 0 Å². The Morgan fingerprint density at radius 3 is 3.08 bits per heavy atom. The van der Waals surface area contributed by atoms with Crippen molar-refractivity contribution < 1.29 is 0 Å². The molecule has 0 amide bonds. The number of thioether (sulfide) groups is 1. The molecular formula is C6H5ClN4S. The van der Waals surface area contributed by atoms with E-state index in [1.807, 2.05) is 6.26 Å². The van der Waals surface area contributed by atoms with E-state index in [0.717, 1.165) is 16.1 Å². The fourth-order valence-corrected chi connectivity index (χ4v) is 1.69. The van der Waals surface area contributed by atoms with Gasteiger partial charge in [-0.05, 0) is 17.9 Å². The van der Waals surface area contributed by atoms with E-state index in [4.69, 9.17) is 11.6 Å². The number of aromatic nitrogens is 4. The molecule has 6 heteroatoms. The highest BCUT2D eigenvalue weighted by Crippen LogP contribution is 2.22. The number of hydrogen-bond acceptors (Lipinski definition) is 4. The van der Waals surface area contributed by atoms with Crippen LogP contribution in [0, 0.1) is 0 Å². The molecular weight excluding hydrogens is 196 g/mol. The predicted octanol–water partition coefficient (Wildman–Crippen LogP) is 1.73. The summed E-state index contributed by atoms with van der Waals surface area (Å²) in [6.07, 6.45) is 3.56. The highest BCUT2D eigenvalue weighted by atomic mass is 35.5.